The molecule has 1 saturated carbocycles. The van der Waals surface area contributed by atoms with Crippen LogP contribution in [0.4, 0.5) is 18.9 Å². The maximum Gasteiger partial charge on any atom is 0.435 e. The highest BCUT2D eigenvalue weighted by Crippen LogP contribution is 2.39. The number of anilines is 1. The fourth-order valence-electron chi connectivity index (χ4n) is 3.08. The average molecular weight is 398 g/mol. The van der Waals surface area contributed by atoms with E-state index in [1.54, 1.807) is 18.2 Å². The van der Waals surface area contributed by atoms with Crippen molar-refractivity contribution in [3.05, 3.63) is 41.9 Å². The highest BCUT2D eigenvalue weighted by atomic mass is 32.2. The van der Waals surface area contributed by atoms with Crippen LogP contribution in [-0.4, -0.2) is 23.2 Å². The predicted octanol–water partition coefficient (Wildman–Crippen LogP) is 3.90. The number of aromatic nitrogens is 3. The smallest absolute Gasteiger partial charge is 0.360 e. The topological polar surface area (TPSA) is 79.8 Å². The van der Waals surface area contributed by atoms with Crippen LogP contribution in [0.25, 0.3) is 10.9 Å². The van der Waals surface area contributed by atoms with Gasteiger partial charge in [0, 0.05) is 23.6 Å². The predicted molar refractivity (Wildman–Crippen MR) is 93.8 cm³/mol. The molecule has 0 unspecified atom stereocenters. The normalized spacial score (nSPS) is 15.4. The lowest BCUT2D eigenvalue weighted by Crippen LogP contribution is -2.20. The molecule has 1 aromatic carbocycles. The molecule has 0 aliphatic heterocycles. The van der Waals surface area contributed by atoms with E-state index < -0.39 is 27.6 Å². The molecule has 0 radical (unpaired) electrons. The maximum absolute atomic E-state index is 13.5. The van der Waals surface area contributed by atoms with Crippen molar-refractivity contribution in [1.82, 2.24) is 14.8 Å². The number of hydrogen-bond donors (Lipinski definition) is 2. The number of benzene rings is 1. The van der Waals surface area contributed by atoms with Gasteiger partial charge < -0.3 is 4.98 Å². The van der Waals surface area contributed by atoms with Crippen LogP contribution in [-0.2, 0) is 22.7 Å². The molecule has 0 atom stereocenters. The van der Waals surface area contributed by atoms with Gasteiger partial charge >= 0.3 is 6.18 Å². The number of fused-ring (bicyclic) bond motifs is 1. The zero-order valence-electron chi connectivity index (χ0n) is 14.3. The van der Waals surface area contributed by atoms with Crippen LogP contribution < -0.4 is 4.72 Å². The van der Waals surface area contributed by atoms with E-state index in [4.69, 9.17) is 0 Å². The largest absolute Gasteiger partial charge is 0.435 e. The van der Waals surface area contributed by atoms with Crippen molar-refractivity contribution < 1.29 is 21.6 Å². The molecule has 1 aliphatic carbocycles. The number of hydrogen-bond acceptors (Lipinski definition) is 3. The number of nitrogens with zero attached hydrogens (tertiary/aromatic N) is 2. The molecule has 0 amide bonds. The summed E-state index contributed by atoms with van der Waals surface area (Å²) in [6.45, 7) is 1.99. The molecule has 2 N–H and O–H groups in total. The third-order valence-corrected chi connectivity index (χ3v) is 5.97. The van der Waals surface area contributed by atoms with E-state index in [0.717, 1.165) is 29.3 Å². The number of nitrogens with one attached hydrogen (secondary N) is 2. The van der Waals surface area contributed by atoms with Crippen molar-refractivity contribution in [3.8, 4) is 0 Å². The van der Waals surface area contributed by atoms with Gasteiger partial charge in [-0.15, -0.1) is 0 Å². The van der Waals surface area contributed by atoms with Gasteiger partial charge in [0.2, 0.25) is 0 Å². The summed E-state index contributed by atoms with van der Waals surface area (Å²) in [6.07, 6.45) is -0.823. The minimum Gasteiger partial charge on any atom is -0.360 e. The van der Waals surface area contributed by atoms with Gasteiger partial charge in [0.1, 0.15) is 4.90 Å². The van der Waals surface area contributed by atoms with Crippen LogP contribution in [0.5, 0.6) is 0 Å². The number of rotatable bonds is 5. The van der Waals surface area contributed by atoms with Crippen LogP contribution >= 0.6 is 0 Å². The van der Waals surface area contributed by atoms with E-state index >= 15 is 0 Å². The zero-order valence-corrected chi connectivity index (χ0v) is 15.2. The van der Waals surface area contributed by atoms with Crippen LogP contribution in [0.3, 0.4) is 0 Å². The maximum atomic E-state index is 13.5. The first-order chi connectivity index (χ1) is 12.6. The van der Waals surface area contributed by atoms with Gasteiger partial charge in [-0.1, -0.05) is 12.1 Å². The Balaban J connectivity index is 1.73. The SMILES string of the molecule is Cc1ccc2c(S(=O)(=O)Nc3cnn(CC4CC4)c3C(F)(F)F)c[nH]c2c1. The van der Waals surface area contributed by atoms with Gasteiger partial charge in [-0.2, -0.15) is 18.3 Å². The molecule has 144 valence electrons. The van der Waals surface area contributed by atoms with Gasteiger partial charge in [0.25, 0.3) is 10.0 Å². The Morgan fingerprint density at radius 1 is 1.33 bits per heavy atom. The van der Waals surface area contributed by atoms with Gasteiger partial charge in [-0.05, 0) is 37.3 Å². The molecule has 27 heavy (non-hydrogen) atoms. The van der Waals surface area contributed by atoms with E-state index in [2.05, 4.69) is 14.8 Å². The van der Waals surface area contributed by atoms with Crippen LogP contribution in [0.15, 0.2) is 35.5 Å². The monoisotopic (exact) mass is 398 g/mol. The second-order valence-electron chi connectivity index (χ2n) is 6.84. The summed E-state index contributed by atoms with van der Waals surface area (Å²) in [5.74, 6) is 0.160. The fraction of sp³-hybridized carbons (Fsp3) is 0.353. The Labute approximate surface area is 153 Å². The first-order valence-electron chi connectivity index (χ1n) is 8.39. The molecule has 6 nitrogen and oxygen atoms in total. The number of H-pyrrole nitrogens is 1. The highest BCUT2D eigenvalue weighted by molar-refractivity contribution is 7.93. The molecule has 1 fully saturated rings. The lowest BCUT2D eigenvalue weighted by atomic mass is 10.2. The third kappa shape index (κ3) is 3.41. The van der Waals surface area contributed by atoms with Crippen molar-refractivity contribution >= 4 is 26.6 Å². The van der Waals surface area contributed by atoms with Crippen molar-refractivity contribution in [2.45, 2.75) is 37.4 Å². The molecule has 4 rings (SSSR count). The molecule has 3 aromatic rings. The number of halogens is 3. The summed E-state index contributed by atoms with van der Waals surface area (Å²) in [6, 6.07) is 5.13. The highest BCUT2D eigenvalue weighted by Gasteiger charge is 2.40. The first-order valence-corrected chi connectivity index (χ1v) is 9.87. The average Bonchev–Trinajstić information content (AvgIpc) is 3.11. The fourth-order valence-corrected chi connectivity index (χ4v) is 4.31. The quantitative estimate of drug-likeness (QED) is 0.684. The summed E-state index contributed by atoms with van der Waals surface area (Å²) in [4.78, 5) is 2.73. The van der Waals surface area contributed by atoms with Gasteiger partial charge in [0.05, 0.1) is 11.9 Å². The van der Waals surface area contributed by atoms with Gasteiger partial charge in [-0.3, -0.25) is 9.40 Å². The Kier molecular flexibility index (Phi) is 3.99. The summed E-state index contributed by atoms with van der Waals surface area (Å²) in [5, 5.41) is 4.17. The van der Waals surface area contributed by atoms with Crippen molar-refractivity contribution in [2.75, 3.05) is 4.72 Å². The summed E-state index contributed by atoms with van der Waals surface area (Å²) >= 11 is 0. The Bertz CT molecular complexity index is 1110. The molecule has 0 saturated heterocycles. The lowest BCUT2D eigenvalue weighted by Gasteiger charge is -2.13. The second kappa shape index (κ2) is 6.01. The summed E-state index contributed by atoms with van der Waals surface area (Å²) < 4.78 is 69.0. The van der Waals surface area contributed by atoms with Crippen molar-refractivity contribution in [2.24, 2.45) is 5.92 Å². The molecule has 1 aliphatic rings. The number of sulfonamides is 1. The Hall–Kier alpha value is -2.49. The zero-order chi connectivity index (χ0) is 19.4. The van der Waals surface area contributed by atoms with E-state index in [-0.39, 0.29) is 17.4 Å². The first kappa shape index (κ1) is 17.9. The third-order valence-electron chi connectivity index (χ3n) is 4.57. The minimum atomic E-state index is -4.72. The Morgan fingerprint density at radius 3 is 2.74 bits per heavy atom. The minimum absolute atomic E-state index is 0.111. The number of aromatic amines is 1. The second-order valence-corrected chi connectivity index (χ2v) is 8.49. The van der Waals surface area contributed by atoms with E-state index in [0.29, 0.717) is 10.9 Å². The molecule has 2 heterocycles. The standard InChI is InChI=1S/C17H17F3N4O2S/c1-10-2-5-12-13(6-10)21-8-15(12)27(25,26)23-14-7-22-24(9-11-3-4-11)16(14)17(18,19)20/h2,5-8,11,21,23H,3-4,9H2,1H3. The van der Waals surface area contributed by atoms with Crippen molar-refractivity contribution in [3.63, 3.8) is 0 Å². The number of aryl methyl sites for hydroxylation is 1. The van der Waals surface area contributed by atoms with Gasteiger partial charge in [0.15, 0.2) is 5.69 Å². The summed E-state index contributed by atoms with van der Waals surface area (Å²) in [5.41, 5.74) is -0.115. The van der Waals surface area contributed by atoms with Crippen molar-refractivity contribution in [1.29, 1.82) is 0 Å². The van der Waals surface area contributed by atoms with E-state index in [1.165, 1.54) is 6.20 Å². The van der Waals surface area contributed by atoms with Crippen LogP contribution in [0, 0.1) is 12.8 Å². The van der Waals surface area contributed by atoms with Crippen LogP contribution in [0.2, 0.25) is 0 Å². The number of alkyl halides is 3. The van der Waals surface area contributed by atoms with Crippen LogP contribution in [0.1, 0.15) is 24.1 Å². The lowest BCUT2D eigenvalue weighted by molar-refractivity contribution is -0.143. The van der Waals surface area contributed by atoms with Gasteiger partial charge in [-0.25, -0.2) is 8.42 Å². The molecular formula is C17H17F3N4O2S. The molecule has 2 aromatic heterocycles. The van der Waals surface area contributed by atoms with E-state index in [1.807, 2.05) is 6.92 Å². The molecule has 10 heteroatoms. The molecule has 0 spiro atoms. The summed E-state index contributed by atoms with van der Waals surface area (Å²) in [7, 11) is -4.23. The Morgan fingerprint density at radius 2 is 2.07 bits per heavy atom. The molecular weight excluding hydrogens is 381 g/mol. The van der Waals surface area contributed by atoms with E-state index in [9.17, 15) is 21.6 Å². The molecule has 0 bridgehead atoms.